The van der Waals surface area contributed by atoms with Crippen molar-refractivity contribution < 1.29 is 16.8 Å². The van der Waals surface area contributed by atoms with E-state index in [4.69, 9.17) is 16.8 Å². The number of nitrogens with zero attached hydrogens (tertiary/aromatic N) is 2. The monoisotopic (exact) mass is 853 g/mol. The van der Waals surface area contributed by atoms with E-state index in [2.05, 4.69) is 186 Å². The van der Waals surface area contributed by atoms with Crippen molar-refractivity contribution in [2.75, 3.05) is 36.5 Å². The molecule has 0 N–H and O–H groups in total. The molecule has 0 aliphatic rings. The molecule has 0 atom stereocenters. The molecule has 6 nitrogen and oxygen atoms in total. The first-order valence-corrected chi connectivity index (χ1v) is 24.0. The van der Waals surface area contributed by atoms with Gasteiger partial charge < -0.3 is 16.8 Å². The molecule has 2 heterocycles. The van der Waals surface area contributed by atoms with Crippen LogP contribution in [-0.4, -0.2) is 27.2 Å². The Bertz CT molecular complexity index is 2390. The van der Waals surface area contributed by atoms with Crippen molar-refractivity contribution in [1.29, 1.82) is 0 Å². The second-order valence-corrected chi connectivity index (χ2v) is 24.9. The molecule has 2 aromatic heterocycles. The maximum Gasteiger partial charge on any atom is 0.309 e. The van der Waals surface area contributed by atoms with E-state index in [1.54, 1.807) is 0 Å². The van der Waals surface area contributed by atoms with Crippen LogP contribution in [0.5, 0.6) is 0 Å². The van der Waals surface area contributed by atoms with Crippen molar-refractivity contribution in [1.82, 2.24) is 0 Å². The van der Waals surface area contributed by atoms with Gasteiger partial charge in [-0.25, -0.2) is 9.34 Å². The lowest BCUT2D eigenvalue weighted by Crippen LogP contribution is -2.27. The topological polar surface area (TPSA) is 59.0 Å². The van der Waals surface area contributed by atoms with Crippen molar-refractivity contribution in [3.63, 3.8) is 0 Å². The van der Waals surface area contributed by atoms with Gasteiger partial charge in [-0.05, 0) is 122 Å². The fourth-order valence-corrected chi connectivity index (χ4v) is 11.0. The van der Waals surface area contributed by atoms with Crippen LogP contribution in [0.3, 0.4) is 0 Å². The second-order valence-electron chi connectivity index (χ2n) is 21.9. The maximum absolute atomic E-state index is 7.30. The predicted molar refractivity (Wildman–Crippen MR) is 263 cm³/mol. The van der Waals surface area contributed by atoms with Crippen LogP contribution in [0.4, 0.5) is 0 Å². The summed E-state index contributed by atoms with van der Waals surface area (Å²) >= 11 is 0. The molecule has 0 saturated carbocycles. The van der Waals surface area contributed by atoms with Crippen molar-refractivity contribution in [3.05, 3.63) is 91.0 Å². The average molecular weight is 853 g/mol. The molecule has 0 aliphatic heterocycles. The van der Waals surface area contributed by atoms with Crippen LogP contribution >= 0.6 is 16.3 Å². The van der Waals surface area contributed by atoms with Gasteiger partial charge in [-0.2, -0.15) is 0 Å². The largest absolute Gasteiger partial charge is 0.407 e. The normalized spacial score (nSPS) is 13.3. The summed E-state index contributed by atoms with van der Waals surface area (Å²) in [6.07, 6.45) is 0. The minimum atomic E-state index is -1.57. The molecule has 326 valence electrons. The van der Waals surface area contributed by atoms with Crippen LogP contribution in [0.25, 0.3) is 43.9 Å². The molecule has 6 rings (SSSR count). The molecule has 6 aromatic rings. The van der Waals surface area contributed by atoms with Crippen molar-refractivity contribution in [2.24, 2.45) is 0 Å². The van der Waals surface area contributed by atoms with Gasteiger partial charge in [0.2, 0.25) is 0 Å². The lowest BCUT2D eigenvalue weighted by atomic mass is 9.81. The third-order valence-corrected chi connectivity index (χ3v) is 15.8. The highest BCUT2D eigenvalue weighted by atomic mass is 31.1. The summed E-state index contributed by atoms with van der Waals surface area (Å²) in [6, 6.07) is 9.33. The minimum absolute atomic E-state index is 0.146. The van der Waals surface area contributed by atoms with Gasteiger partial charge in [-0.1, -0.05) is 107 Å². The summed E-state index contributed by atoms with van der Waals surface area (Å²) in [5.74, 6) is 0. The van der Waals surface area contributed by atoms with Crippen molar-refractivity contribution in [3.8, 4) is 0 Å². The van der Waals surface area contributed by atoms with E-state index in [0.29, 0.717) is 13.1 Å². The maximum atomic E-state index is 7.30. The Hall–Kier alpha value is -3.40. The zero-order chi connectivity index (χ0) is 44.9. The number of rotatable bonds is 5. The highest BCUT2D eigenvalue weighted by Crippen LogP contribution is 2.48. The summed E-state index contributed by atoms with van der Waals surface area (Å²) in [7, 11) is 1.15. The van der Waals surface area contributed by atoms with Crippen molar-refractivity contribution >= 4 is 60.2 Å². The third kappa shape index (κ3) is 8.28. The van der Waals surface area contributed by atoms with Gasteiger partial charge in [0, 0.05) is 71.0 Å². The number of hydrogen-bond acceptors (Lipinski definition) is 6. The molecule has 0 fully saturated rings. The first kappa shape index (κ1) is 46.1. The SMILES string of the molecule is Cc1cc(C(C)(C)C)c2op(N(C)CCN(C)p3oc4c(C(C)(C)C)cc(C)c(C)c4c4c(C)c(C)cc(C(C)(C)C)c4o3)oc3c(C(C)(C)C)cc(C)c(C)c3c2c1C. The Morgan fingerprint density at radius 3 is 0.717 bits per heavy atom. The van der Waals surface area contributed by atoms with Gasteiger partial charge in [-0.3, -0.25) is 0 Å². The number of fused-ring (bicyclic) bond motifs is 6. The number of hydrogen-bond donors (Lipinski definition) is 0. The van der Waals surface area contributed by atoms with E-state index < -0.39 is 16.3 Å². The summed E-state index contributed by atoms with van der Waals surface area (Å²) in [6.45, 7) is 46.6. The Labute approximate surface area is 363 Å². The van der Waals surface area contributed by atoms with E-state index in [-0.39, 0.29) is 21.7 Å². The smallest absolute Gasteiger partial charge is 0.309 e. The molecule has 0 aliphatic carbocycles. The Morgan fingerprint density at radius 1 is 0.367 bits per heavy atom. The van der Waals surface area contributed by atoms with Crippen LogP contribution in [0.1, 0.15) is 150 Å². The number of likely N-dealkylation sites (N-methyl/N-ethyl adjacent to an activating group) is 2. The summed E-state index contributed by atoms with van der Waals surface area (Å²) in [4.78, 5) is 0. The summed E-state index contributed by atoms with van der Waals surface area (Å²) < 4.78 is 33.7. The molecule has 0 unspecified atom stereocenters. The minimum Gasteiger partial charge on any atom is -0.407 e. The molecule has 60 heavy (non-hydrogen) atoms. The van der Waals surface area contributed by atoms with Crippen LogP contribution < -0.4 is 9.34 Å². The van der Waals surface area contributed by atoms with Gasteiger partial charge in [-0.15, -0.1) is 0 Å². The van der Waals surface area contributed by atoms with Crippen molar-refractivity contribution in [2.45, 2.75) is 160 Å². The Kier molecular flexibility index (Phi) is 12.1. The standard InChI is InChI=1S/C52H74N2O4P2/c1-29-25-37(49(9,10)11)45-41(33(29)5)42-34(6)30(2)26-38(50(12,13)14)46(42)56-59(55-45)53(21)23-24-54(22)60-57-47-39(51(15,16)17)27-31(3)35(7)43(47)44-36(8)32(4)28-40(48(44)58-60)52(18,19)20/h25-28H,23-24H2,1-22H3. The van der Waals surface area contributed by atoms with Crippen LogP contribution in [0, 0.1) is 55.4 Å². The zero-order valence-corrected chi connectivity index (χ0v) is 42.9. The van der Waals surface area contributed by atoms with E-state index >= 15 is 0 Å². The molecule has 0 saturated heterocycles. The summed E-state index contributed by atoms with van der Waals surface area (Å²) in [5, 5.41) is 4.66. The molecule has 4 aromatic carbocycles. The molecular formula is C52H74N2O4P2. The van der Waals surface area contributed by atoms with Gasteiger partial charge in [0.25, 0.3) is 0 Å². The van der Waals surface area contributed by atoms with Gasteiger partial charge >= 0.3 is 16.3 Å². The van der Waals surface area contributed by atoms with Gasteiger partial charge in [0.15, 0.2) is 0 Å². The van der Waals surface area contributed by atoms with E-state index in [0.717, 1.165) is 22.3 Å². The summed E-state index contributed by atoms with van der Waals surface area (Å²) in [5.41, 5.74) is 18.0. The fraction of sp³-hybridized carbons (Fsp3) is 0.538. The van der Waals surface area contributed by atoms with Gasteiger partial charge in [0.1, 0.15) is 22.3 Å². The Balaban J connectivity index is 1.62. The van der Waals surface area contributed by atoms with Crippen LogP contribution in [-0.2, 0) is 21.7 Å². The molecule has 0 bridgehead atoms. The molecule has 0 radical (unpaired) electrons. The fourth-order valence-electron chi connectivity index (χ4n) is 8.46. The number of aryl methyl sites for hydroxylation is 8. The van der Waals surface area contributed by atoms with Crippen LogP contribution in [0.2, 0.25) is 0 Å². The first-order chi connectivity index (χ1) is 27.4. The highest BCUT2D eigenvalue weighted by Gasteiger charge is 2.30. The zero-order valence-electron chi connectivity index (χ0n) is 41.1. The number of benzene rings is 4. The molecule has 0 spiro atoms. The molecular weight excluding hydrogens is 779 g/mol. The average Bonchev–Trinajstić information content (AvgIpc) is 3.41. The quantitative estimate of drug-likeness (QED) is 0.172. The van der Waals surface area contributed by atoms with E-state index in [1.165, 1.54) is 88.3 Å². The lowest BCUT2D eigenvalue weighted by Gasteiger charge is -2.23. The van der Waals surface area contributed by atoms with E-state index in [1.807, 2.05) is 0 Å². The van der Waals surface area contributed by atoms with E-state index in [9.17, 15) is 0 Å². The third-order valence-electron chi connectivity index (χ3n) is 12.9. The Morgan fingerprint density at radius 2 is 0.550 bits per heavy atom. The predicted octanol–water partition coefficient (Wildman–Crippen LogP) is 16.4. The first-order valence-electron chi connectivity index (χ1n) is 21.8. The second kappa shape index (κ2) is 15.7. The van der Waals surface area contributed by atoms with Crippen LogP contribution in [0.15, 0.2) is 41.1 Å². The van der Waals surface area contributed by atoms with Gasteiger partial charge in [0.05, 0.1) is 0 Å². The highest BCUT2D eigenvalue weighted by molar-refractivity contribution is 7.39. The molecule has 0 amide bonds. The molecule has 8 heteroatoms. The lowest BCUT2D eigenvalue weighted by molar-refractivity contribution is 0.559.